The van der Waals surface area contributed by atoms with E-state index in [1.807, 2.05) is 11.6 Å². The number of benzene rings is 1. The fourth-order valence-electron chi connectivity index (χ4n) is 2.84. The summed E-state index contributed by atoms with van der Waals surface area (Å²) < 4.78 is 7.01. The van der Waals surface area contributed by atoms with Crippen LogP contribution in [0.1, 0.15) is 49.0 Å². The summed E-state index contributed by atoms with van der Waals surface area (Å²) in [6.45, 7) is 1.89. The van der Waals surface area contributed by atoms with Crippen LogP contribution in [0.25, 0.3) is 0 Å². The lowest BCUT2D eigenvalue weighted by Gasteiger charge is -2.13. The van der Waals surface area contributed by atoms with E-state index in [-0.39, 0.29) is 11.0 Å². The van der Waals surface area contributed by atoms with Crippen molar-refractivity contribution in [2.45, 2.75) is 49.1 Å². The molecule has 0 spiro atoms. The predicted molar refractivity (Wildman–Crippen MR) is 88.0 cm³/mol. The number of tetrazole rings is 1. The highest BCUT2D eigenvalue weighted by Crippen LogP contribution is 2.33. The molecule has 0 radical (unpaired) electrons. The minimum Gasteiger partial charge on any atom is -0.497 e. The number of carbonyl (C=O) groups is 1. The number of ketones is 1. The second-order valence-electron chi connectivity index (χ2n) is 5.70. The molecule has 0 bridgehead atoms. The van der Waals surface area contributed by atoms with Crippen molar-refractivity contribution in [1.82, 2.24) is 20.2 Å². The van der Waals surface area contributed by atoms with E-state index in [1.54, 1.807) is 31.4 Å². The summed E-state index contributed by atoms with van der Waals surface area (Å²) in [7, 11) is 1.61. The third kappa shape index (κ3) is 3.55. The molecule has 0 unspecified atom stereocenters. The monoisotopic (exact) mass is 332 g/mol. The van der Waals surface area contributed by atoms with E-state index in [1.165, 1.54) is 24.6 Å². The number of rotatable bonds is 6. The maximum atomic E-state index is 12.6. The smallest absolute Gasteiger partial charge is 0.210 e. The van der Waals surface area contributed by atoms with Crippen molar-refractivity contribution in [3.8, 4) is 5.75 Å². The van der Waals surface area contributed by atoms with Crippen LogP contribution in [-0.4, -0.2) is 38.4 Å². The van der Waals surface area contributed by atoms with Gasteiger partial charge in [-0.05, 0) is 54.5 Å². The zero-order valence-corrected chi connectivity index (χ0v) is 14.1. The van der Waals surface area contributed by atoms with Crippen molar-refractivity contribution >= 4 is 17.5 Å². The lowest BCUT2D eigenvalue weighted by molar-refractivity contribution is 0.0993. The number of Topliss-reactive ketones (excluding diaryl/α,β-unsaturated/α-hetero) is 1. The SMILES string of the molecule is COc1ccc(C(=O)[C@@H](C)Sc2nnnn2C2CCCC2)cc1. The van der Waals surface area contributed by atoms with E-state index >= 15 is 0 Å². The number of thioether (sulfide) groups is 1. The number of carbonyl (C=O) groups excluding carboxylic acids is 1. The fraction of sp³-hybridized carbons (Fsp3) is 0.500. The molecule has 23 heavy (non-hydrogen) atoms. The van der Waals surface area contributed by atoms with E-state index in [9.17, 15) is 4.79 Å². The summed E-state index contributed by atoms with van der Waals surface area (Å²) in [5, 5.41) is 12.5. The molecule has 6 nitrogen and oxygen atoms in total. The molecule has 1 fully saturated rings. The highest BCUT2D eigenvalue weighted by atomic mass is 32.2. The Morgan fingerprint density at radius 2 is 2.00 bits per heavy atom. The van der Waals surface area contributed by atoms with E-state index in [0.29, 0.717) is 11.6 Å². The van der Waals surface area contributed by atoms with Gasteiger partial charge in [0, 0.05) is 5.56 Å². The van der Waals surface area contributed by atoms with Crippen LogP contribution in [0.4, 0.5) is 0 Å². The zero-order valence-electron chi connectivity index (χ0n) is 13.3. The standard InChI is InChI=1S/C16H20N4O2S/c1-11(15(21)12-7-9-14(22-2)10-8-12)23-16-17-18-19-20(16)13-5-3-4-6-13/h7-11,13H,3-6H2,1-2H3/t11-/m1/s1. The first-order valence-corrected chi connectivity index (χ1v) is 8.70. The molecule has 1 saturated carbocycles. The lowest BCUT2D eigenvalue weighted by Crippen LogP contribution is -2.16. The molecule has 1 heterocycles. The van der Waals surface area contributed by atoms with Gasteiger partial charge < -0.3 is 4.74 Å². The highest BCUT2D eigenvalue weighted by molar-refractivity contribution is 8.00. The van der Waals surface area contributed by atoms with Gasteiger partial charge in [-0.25, -0.2) is 4.68 Å². The Morgan fingerprint density at radius 3 is 2.65 bits per heavy atom. The van der Waals surface area contributed by atoms with Gasteiger partial charge >= 0.3 is 0 Å². The molecule has 0 amide bonds. The molecular formula is C16H20N4O2S. The Hall–Kier alpha value is -1.89. The number of aromatic nitrogens is 4. The van der Waals surface area contributed by atoms with E-state index in [2.05, 4.69) is 15.5 Å². The summed E-state index contributed by atoms with van der Waals surface area (Å²) in [6, 6.07) is 7.55. The molecule has 1 aliphatic rings. The molecule has 1 aromatic carbocycles. The van der Waals surface area contributed by atoms with Crippen LogP contribution in [0, 0.1) is 0 Å². The minimum atomic E-state index is -0.241. The summed E-state index contributed by atoms with van der Waals surface area (Å²) in [4.78, 5) is 12.6. The Bertz CT molecular complexity index is 665. The summed E-state index contributed by atoms with van der Waals surface area (Å²) >= 11 is 1.42. The lowest BCUT2D eigenvalue weighted by atomic mass is 10.1. The third-order valence-corrected chi connectivity index (χ3v) is 5.21. The first kappa shape index (κ1) is 16.0. The van der Waals surface area contributed by atoms with Gasteiger partial charge in [0.15, 0.2) is 5.78 Å². The normalized spacial score (nSPS) is 16.4. The molecule has 1 aromatic heterocycles. The van der Waals surface area contributed by atoms with Gasteiger partial charge in [0.1, 0.15) is 5.75 Å². The first-order chi connectivity index (χ1) is 11.2. The van der Waals surface area contributed by atoms with E-state index < -0.39 is 0 Å². The number of ether oxygens (including phenoxy) is 1. The molecule has 0 N–H and O–H groups in total. The van der Waals surface area contributed by atoms with Crippen LogP contribution < -0.4 is 4.74 Å². The van der Waals surface area contributed by atoms with Crippen molar-refractivity contribution < 1.29 is 9.53 Å². The number of methoxy groups -OCH3 is 1. The summed E-state index contributed by atoms with van der Waals surface area (Å²) in [5.41, 5.74) is 0.672. The average molecular weight is 332 g/mol. The van der Waals surface area contributed by atoms with Gasteiger partial charge in [0.05, 0.1) is 18.4 Å². The number of hydrogen-bond acceptors (Lipinski definition) is 6. The summed E-state index contributed by atoms with van der Waals surface area (Å²) in [6.07, 6.45) is 4.66. The van der Waals surface area contributed by atoms with Gasteiger partial charge in [-0.1, -0.05) is 24.6 Å². The second kappa shape index (κ2) is 7.12. The molecule has 1 aliphatic carbocycles. The van der Waals surface area contributed by atoms with Gasteiger partial charge in [0.25, 0.3) is 0 Å². The van der Waals surface area contributed by atoms with Crippen molar-refractivity contribution in [2.24, 2.45) is 0 Å². The van der Waals surface area contributed by atoms with Crippen LogP contribution in [0.5, 0.6) is 5.75 Å². The molecule has 7 heteroatoms. The Balaban J connectivity index is 1.69. The largest absolute Gasteiger partial charge is 0.497 e. The van der Waals surface area contributed by atoms with Crippen molar-refractivity contribution in [3.63, 3.8) is 0 Å². The van der Waals surface area contributed by atoms with Crippen molar-refractivity contribution in [3.05, 3.63) is 29.8 Å². The maximum absolute atomic E-state index is 12.6. The van der Waals surface area contributed by atoms with Crippen LogP contribution in [0.2, 0.25) is 0 Å². The average Bonchev–Trinajstić information content (AvgIpc) is 3.25. The topological polar surface area (TPSA) is 69.9 Å². The van der Waals surface area contributed by atoms with E-state index in [4.69, 9.17) is 4.74 Å². The third-order valence-electron chi connectivity index (χ3n) is 4.16. The van der Waals surface area contributed by atoms with E-state index in [0.717, 1.165) is 23.7 Å². The maximum Gasteiger partial charge on any atom is 0.210 e. The first-order valence-electron chi connectivity index (χ1n) is 7.82. The molecule has 0 aliphatic heterocycles. The number of hydrogen-bond donors (Lipinski definition) is 0. The molecule has 0 saturated heterocycles. The quantitative estimate of drug-likeness (QED) is 0.598. The van der Waals surface area contributed by atoms with Crippen molar-refractivity contribution in [1.29, 1.82) is 0 Å². The van der Waals surface area contributed by atoms with Gasteiger partial charge in [0.2, 0.25) is 5.16 Å². The molecule has 3 rings (SSSR count). The van der Waals surface area contributed by atoms with Crippen LogP contribution >= 0.6 is 11.8 Å². The molecule has 122 valence electrons. The van der Waals surface area contributed by atoms with Crippen LogP contribution in [0.15, 0.2) is 29.4 Å². The molecule has 2 aromatic rings. The fourth-order valence-corrected chi connectivity index (χ4v) is 3.78. The predicted octanol–water partition coefficient (Wildman–Crippen LogP) is 3.16. The molecular weight excluding hydrogens is 312 g/mol. The van der Waals surface area contributed by atoms with Crippen molar-refractivity contribution in [2.75, 3.05) is 7.11 Å². The Kier molecular flexibility index (Phi) is 4.95. The highest BCUT2D eigenvalue weighted by Gasteiger charge is 2.25. The Labute approximate surface area is 139 Å². The zero-order chi connectivity index (χ0) is 16.2. The number of nitrogens with zero attached hydrogens (tertiary/aromatic N) is 4. The molecule has 1 atom stereocenters. The van der Waals surface area contributed by atoms with Crippen LogP contribution in [0.3, 0.4) is 0 Å². The Morgan fingerprint density at radius 1 is 1.30 bits per heavy atom. The van der Waals surface area contributed by atoms with Gasteiger partial charge in [-0.15, -0.1) is 5.10 Å². The van der Waals surface area contributed by atoms with Gasteiger partial charge in [-0.3, -0.25) is 4.79 Å². The van der Waals surface area contributed by atoms with Crippen LogP contribution in [-0.2, 0) is 0 Å². The second-order valence-corrected chi connectivity index (χ2v) is 7.01. The minimum absolute atomic E-state index is 0.0682. The van der Waals surface area contributed by atoms with Gasteiger partial charge in [-0.2, -0.15) is 0 Å². The summed E-state index contributed by atoms with van der Waals surface area (Å²) in [5.74, 6) is 0.811.